The van der Waals surface area contributed by atoms with Crippen LogP contribution in [0.5, 0.6) is 0 Å². The molecule has 1 aromatic carbocycles. The number of benzene rings is 1. The van der Waals surface area contributed by atoms with E-state index >= 15 is 0 Å². The molecule has 1 unspecified atom stereocenters. The predicted octanol–water partition coefficient (Wildman–Crippen LogP) is 2.17. The van der Waals surface area contributed by atoms with Crippen LogP contribution in [0.4, 0.5) is 20.2 Å². The van der Waals surface area contributed by atoms with Gasteiger partial charge >= 0.3 is 5.97 Å². The minimum Gasteiger partial charge on any atom is -0.481 e. The third-order valence-corrected chi connectivity index (χ3v) is 3.33. The van der Waals surface area contributed by atoms with E-state index in [9.17, 15) is 23.7 Å². The van der Waals surface area contributed by atoms with E-state index in [-0.39, 0.29) is 13.1 Å². The van der Waals surface area contributed by atoms with Crippen LogP contribution in [0.15, 0.2) is 12.1 Å². The molecule has 1 fully saturated rings. The number of piperidine rings is 1. The van der Waals surface area contributed by atoms with Crippen LogP contribution in [0.25, 0.3) is 0 Å². The van der Waals surface area contributed by atoms with Gasteiger partial charge in [-0.05, 0) is 18.9 Å². The van der Waals surface area contributed by atoms with Crippen molar-refractivity contribution < 1.29 is 23.6 Å². The van der Waals surface area contributed by atoms with Crippen molar-refractivity contribution in [3.63, 3.8) is 0 Å². The van der Waals surface area contributed by atoms with Gasteiger partial charge in [-0.15, -0.1) is 0 Å². The van der Waals surface area contributed by atoms with Gasteiger partial charge in [0.15, 0.2) is 17.3 Å². The molecular formula is C12H12F2N2O4. The number of nitrogens with zero attached hydrogens (tertiary/aromatic N) is 2. The van der Waals surface area contributed by atoms with Crippen LogP contribution >= 0.6 is 0 Å². The maximum absolute atomic E-state index is 13.9. The highest BCUT2D eigenvalue weighted by Gasteiger charge is 2.32. The number of hydrogen-bond donors (Lipinski definition) is 1. The van der Waals surface area contributed by atoms with Gasteiger partial charge in [0.2, 0.25) is 0 Å². The zero-order valence-electron chi connectivity index (χ0n) is 10.4. The van der Waals surface area contributed by atoms with Crippen LogP contribution in [-0.4, -0.2) is 29.1 Å². The van der Waals surface area contributed by atoms with Gasteiger partial charge in [0, 0.05) is 19.2 Å². The number of aliphatic carboxylic acids is 1. The highest BCUT2D eigenvalue weighted by atomic mass is 19.2. The number of halogens is 2. The van der Waals surface area contributed by atoms with Gasteiger partial charge in [-0.25, -0.2) is 8.78 Å². The second-order valence-electron chi connectivity index (χ2n) is 4.61. The van der Waals surface area contributed by atoms with Crippen LogP contribution < -0.4 is 4.90 Å². The van der Waals surface area contributed by atoms with Gasteiger partial charge < -0.3 is 10.0 Å². The molecule has 2 rings (SSSR count). The van der Waals surface area contributed by atoms with Crippen LogP contribution in [0.3, 0.4) is 0 Å². The van der Waals surface area contributed by atoms with Crippen molar-refractivity contribution in [2.24, 2.45) is 5.92 Å². The van der Waals surface area contributed by atoms with Gasteiger partial charge in [0.25, 0.3) is 5.69 Å². The van der Waals surface area contributed by atoms with Crippen LogP contribution in [0, 0.1) is 27.7 Å². The fourth-order valence-corrected chi connectivity index (χ4v) is 2.36. The first-order chi connectivity index (χ1) is 9.41. The topological polar surface area (TPSA) is 83.7 Å². The molecule has 20 heavy (non-hydrogen) atoms. The SMILES string of the molecule is O=C(O)C1CCCN(c2c([N+](=O)[O-])ccc(F)c2F)C1. The molecule has 1 aliphatic rings. The van der Waals surface area contributed by atoms with E-state index in [1.807, 2.05) is 0 Å². The molecular weight excluding hydrogens is 274 g/mol. The van der Waals surface area contributed by atoms with Crippen molar-refractivity contribution in [2.45, 2.75) is 12.8 Å². The normalized spacial score (nSPS) is 18.9. The van der Waals surface area contributed by atoms with E-state index in [2.05, 4.69) is 0 Å². The van der Waals surface area contributed by atoms with Crippen LogP contribution in [-0.2, 0) is 4.79 Å². The molecule has 0 saturated carbocycles. The zero-order valence-corrected chi connectivity index (χ0v) is 10.4. The molecule has 1 aliphatic heterocycles. The lowest BCUT2D eigenvalue weighted by Crippen LogP contribution is -2.39. The average Bonchev–Trinajstić information content (AvgIpc) is 2.41. The number of nitro benzene ring substituents is 1. The number of carbonyl (C=O) groups is 1. The Balaban J connectivity index is 2.43. The van der Waals surface area contributed by atoms with Crippen LogP contribution in [0.2, 0.25) is 0 Å². The number of hydrogen-bond acceptors (Lipinski definition) is 4. The first-order valence-electron chi connectivity index (χ1n) is 6.02. The number of nitro groups is 1. The monoisotopic (exact) mass is 286 g/mol. The second-order valence-corrected chi connectivity index (χ2v) is 4.61. The van der Waals surface area contributed by atoms with Crippen molar-refractivity contribution in [3.05, 3.63) is 33.9 Å². The molecule has 0 aliphatic carbocycles. The minimum atomic E-state index is -1.31. The number of carboxylic acids is 1. The summed E-state index contributed by atoms with van der Waals surface area (Å²) in [4.78, 5) is 22.3. The van der Waals surface area contributed by atoms with E-state index < -0.39 is 39.8 Å². The molecule has 6 nitrogen and oxygen atoms in total. The Bertz CT molecular complexity index is 565. The van der Waals surface area contributed by atoms with Gasteiger partial charge in [-0.1, -0.05) is 0 Å². The van der Waals surface area contributed by atoms with Gasteiger partial charge in [0.05, 0.1) is 10.8 Å². The predicted molar refractivity (Wildman–Crippen MR) is 65.6 cm³/mol. The van der Waals surface area contributed by atoms with Crippen molar-refractivity contribution >= 4 is 17.3 Å². The Morgan fingerprint density at radius 3 is 2.75 bits per heavy atom. The largest absolute Gasteiger partial charge is 0.481 e. The molecule has 1 aromatic rings. The molecule has 0 aromatic heterocycles. The second kappa shape index (κ2) is 5.40. The molecule has 0 radical (unpaired) electrons. The smallest absolute Gasteiger partial charge is 0.308 e. The lowest BCUT2D eigenvalue weighted by molar-refractivity contribution is -0.384. The number of anilines is 1. The number of rotatable bonds is 3. The third-order valence-electron chi connectivity index (χ3n) is 3.33. The fraction of sp³-hybridized carbons (Fsp3) is 0.417. The molecule has 1 heterocycles. The average molecular weight is 286 g/mol. The fourth-order valence-electron chi connectivity index (χ4n) is 2.36. The van der Waals surface area contributed by atoms with Crippen molar-refractivity contribution in [1.29, 1.82) is 0 Å². The summed E-state index contributed by atoms with van der Waals surface area (Å²) < 4.78 is 27.2. The summed E-state index contributed by atoms with van der Waals surface area (Å²) in [5.41, 5.74) is -1.03. The standard InChI is InChI=1S/C12H12F2N2O4/c13-8-3-4-9(16(19)20)11(10(8)14)15-5-1-2-7(6-15)12(17)18/h3-4,7H,1-2,5-6H2,(H,17,18). The molecule has 1 saturated heterocycles. The van der Waals surface area contributed by atoms with E-state index in [0.29, 0.717) is 18.9 Å². The Labute approximate surface area is 112 Å². The Morgan fingerprint density at radius 2 is 2.15 bits per heavy atom. The lowest BCUT2D eigenvalue weighted by atomic mass is 9.97. The third kappa shape index (κ3) is 2.54. The Morgan fingerprint density at radius 1 is 1.45 bits per heavy atom. The summed E-state index contributed by atoms with van der Waals surface area (Å²) in [7, 11) is 0. The summed E-state index contributed by atoms with van der Waals surface area (Å²) in [6.07, 6.45) is 0.862. The maximum Gasteiger partial charge on any atom is 0.308 e. The highest BCUT2D eigenvalue weighted by molar-refractivity contribution is 5.72. The summed E-state index contributed by atoms with van der Waals surface area (Å²) in [5.74, 6) is -4.30. The molecule has 0 amide bonds. The summed E-state index contributed by atoms with van der Waals surface area (Å²) in [5, 5.41) is 19.9. The number of carboxylic acid groups (broad SMARTS) is 1. The van der Waals surface area contributed by atoms with Crippen molar-refractivity contribution in [1.82, 2.24) is 0 Å². The molecule has 1 atom stereocenters. The minimum absolute atomic E-state index is 0.0729. The molecule has 0 spiro atoms. The lowest BCUT2D eigenvalue weighted by Gasteiger charge is -2.32. The van der Waals surface area contributed by atoms with E-state index in [1.54, 1.807) is 0 Å². The Kier molecular flexibility index (Phi) is 3.82. The van der Waals surface area contributed by atoms with E-state index in [0.717, 1.165) is 6.07 Å². The molecule has 1 N–H and O–H groups in total. The molecule has 8 heteroatoms. The highest BCUT2D eigenvalue weighted by Crippen LogP contribution is 2.35. The van der Waals surface area contributed by atoms with Gasteiger partial charge in [-0.3, -0.25) is 14.9 Å². The molecule has 108 valence electrons. The Hall–Kier alpha value is -2.25. The van der Waals surface area contributed by atoms with E-state index in [4.69, 9.17) is 5.11 Å². The van der Waals surface area contributed by atoms with Crippen molar-refractivity contribution in [3.8, 4) is 0 Å². The first-order valence-corrected chi connectivity index (χ1v) is 6.02. The van der Waals surface area contributed by atoms with Gasteiger partial charge in [0.1, 0.15) is 0 Å². The molecule has 0 bridgehead atoms. The summed E-state index contributed by atoms with van der Waals surface area (Å²) in [6.45, 7) is 0.182. The maximum atomic E-state index is 13.9. The zero-order chi connectivity index (χ0) is 14.9. The van der Waals surface area contributed by atoms with E-state index in [1.165, 1.54) is 4.90 Å². The summed E-state index contributed by atoms with van der Waals surface area (Å²) in [6, 6.07) is 1.58. The van der Waals surface area contributed by atoms with Crippen LogP contribution in [0.1, 0.15) is 12.8 Å². The van der Waals surface area contributed by atoms with Crippen molar-refractivity contribution in [2.75, 3.05) is 18.0 Å². The quantitative estimate of drug-likeness (QED) is 0.680. The first kappa shape index (κ1) is 14.2. The van der Waals surface area contributed by atoms with Gasteiger partial charge in [-0.2, -0.15) is 0 Å². The summed E-state index contributed by atoms with van der Waals surface area (Å²) >= 11 is 0.